The van der Waals surface area contributed by atoms with E-state index in [1.165, 1.54) is 19.3 Å². The number of aromatic nitrogens is 4. The van der Waals surface area contributed by atoms with Crippen molar-refractivity contribution in [2.75, 3.05) is 5.32 Å². The average molecular weight is 573 g/mol. The number of nitrogens with zero attached hydrogens (tertiary/aromatic N) is 4. The largest absolute Gasteiger partial charge is 0.471 e. The van der Waals surface area contributed by atoms with Crippen LogP contribution in [0.3, 0.4) is 0 Å². The number of hydrogen-bond acceptors (Lipinski definition) is 4. The number of amides is 1. The molecule has 8 heteroatoms. The summed E-state index contributed by atoms with van der Waals surface area (Å²) in [7, 11) is 0. The maximum absolute atomic E-state index is 13.8. The predicted octanol–water partition coefficient (Wildman–Crippen LogP) is 6.59. The smallest absolute Gasteiger partial charge is 0.259 e. The van der Waals surface area contributed by atoms with E-state index in [-0.39, 0.29) is 18.1 Å². The van der Waals surface area contributed by atoms with Gasteiger partial charge in [-0.05, 0) is 92.7 Å². The Morgan fingerprint density at radius 1 is 0.974 bits per heavy atom. The van der Waals surface area contributed by atoms with E-state index >= 15 is 0 Å². The third-order valence-corrected chi connectivity index (χ3v) is 9.12. The first-order chi connectivity index (χ1) is 18.5. The molecular formula is C30H30BrN5O2. The molecule has 0 radical (unpaired) electrons. The Morgan fingerprint density at radius 2 is 1.66 bits per heavy atom. The first kappa shape index (κ1) is 23.7. The number of carbonyl (C=O) groups excluding carboxylic acids is 1. The van der Waals surface area contributed by atoms with Crippen molar-refractivity contribution in [3.63, 3.8) is 0 Å². The van der Waals surface area contributed by atoms with E-state index in [1.54, 1.807) is 17.1 Å². The van der Waals surface area contributed by atoms with E-state index in [0.29, 0.717) is 11.3 Å². The minimum absolute atomic E-state index is 0.00412. The van der Waals surface area contributed by atoms with Gasteiger partial charge in [-0.15, -0.1) is 0 Å². The number of ether oxygens (including phenoxy) is 1. The molecule has 0 atom stereocenters. The lowest BCUT2D eigenvalue weighted by molar-refractivity contribution is -0.00765. The van der Waals surface area contributed by atoms with Gasteiger partial charge < -0.3 is 10.1 Å². The van der Waals surface area contributed by atoms with Gasteiger partial charge in [0.2, 0.25) is 0 Å². The number of halogens is 1. The van der Waals surface area contributed by atoms with Crippen molar-refractivity contribution in [2.24, 2.45) is 17.8 Å². The summed E-state index contributed by atoms with van der Waals surface area (Å²) in [5.74, 6) is 2.92. The molecule has 2 heterocycles. The summed E-state index contributed by atoms with van der Waals surface area (Å²) < 4.78 is 10.4. The van der Waals surface area contributed by atoms with Crippen molar-refractivity contribution in [1.82, 2.24) is 19.6 Å². The molecule has 7 nitrogen and oxygen atoms in total. The SMILES string of the molecule is O=C(Nc1cnn(COc2ccc(Br)cc2)c1)c1cn(-c2ccccc2)nc1C12CC3CC(CC(C3)C1)C2. The summed E-state index contributed by atoms with van der Waals surface area (Å²) in [4.78, 5) is 13.8. The van der Waals surface area contributed by atoms with Gasteiger partial charge in [-0.1, -0.05) is 34.1 Å². The lowest BCUT2D eigenvalue weighted by Gasteiger charge is -2.56. The molecule has 1 N–H and O–H groups in total. The highest BCUT2D eigenvalue weighted by Crippen LogP contribution is 2.60. The van der Waals surface area contributed by atoms with Crippen LogP contribution in [0.25, 0.3) is 5.69 Å². The molecule has 0 unspecified atom stereocenters. The molecule has 0 saturated heterocycles. The third kappa shape index (κ3) is 4.45. The zero-order valence-electron chi connectivity index (χ0n) is 21.1. The minimum atomic E-state index is -0.133. The van der Waals surface area contributed by atoms with Gasteiger partial charge in [-0.25, -0.2) is 9.36 Å². The van der Waals surface area contributed by atoms with Crippen molar-refractivity contribution >= 4 is 27.5 Å². The van der Waals surface area contributed by atoms with Crippen molar-refractivity contribution in [3.05, 3.63) is 88.9 Å². The van der Waals surface area contributed by atoms with Crippen LogP contribution in [0.1, 0.15) is 54.6 Å². The Balaban J connectivity index is 1.15. The normalized spacial score (nSPS) is 25.4. The van der Waals surface area contributed by atoms with E-state index in [2.05, 4.69) is 26.3 Å². The Kier molecular flexibility index (Phi) is 5.87. The molecule has 4 saturated carbocycles. The first-order valence-corrected chi connectivity index (χ1v) is 14.2. The predicted molar refractivity (Wildman–Crippen MR) is 148 cm³/mol. The van der Waals surface area contributed by atoms with Gasteiger partial charge in [0.05, 0.1) is 35.0 Å². The molecule has 2 aromatic heterocycles. The Morgan fingerprint density at radius 3 is 2.34 bits per heavy atom. The quantitative estimate of drug-likeness (QED) is 0.271. The van der Waals surface area contributed by atoms with Crippen molar-refractivity contribution in [1.29, 1.82) is 0 Å². The van der Waals surface area contributed by atoms with Crippen LogP contribution in [0.2, 0.25) is 0 Å². The van der Waals surface area contributed by atoms with E-state index in [4.69, 9.17) is 9.84 Å². The molecule has 1 amide bonds. The number of anilines is 1. The summed E-state index contributed by atoms with van der Waals surface area (Å²) in [5, 5.41) is 12.6. The highest BCUT2D eigenvalue weighted by molar-refractivity contribution is 9.10. The average Bonchev–Trinajstić information content (AvgIpc) is 3.56. The summed E-state index contributed by atoms with van der Waals surface area (Å²) in [6.45, 7) is 0.252. The highest BCUT2D eigenvalue weighted by Gasteiger charge is 2.53. The maximum atomic E-state index is 13.8. The van der Waals surface area contributed by atoms with Crippen molar-refractivity contribution in [2.45, 2.75) is 50.7 Å². The second kappa shape index (κ2) is 9.42. The van der Waals surface area contributed by atoms with E-state index < -0.39 is 0 Å². The second-order valence-electron chi connectivity index (χ2n) is 11.3. The first-order valence-electron chi connectivity index (χ1n) is 13.4. The summed E-state index contributed by atoms with van der Waals surface area (Å²) in [5.41, 5.74) is 3.26. The van der Waals surface area contributed by atoms with Gasteiger partial charge in [-0.3, -0.25) is 4.79 Å². The number of rotatable bonds is 7. The highest BCUT2D eigenvalue weighted by atomic mass is 79.9. The van der Waals surface area contributed by atoms with E-state index in [0.717, 1.165) is 58.6 Å². The molecule has 4 aromatic rings. The molecule has 4 fully saturated rings. The molecule has 8 rings (SSSR count). The molecule has 4 aliphatic carbocycles. The topological polar surface area (TPSA) is 74.0 Å². The standard InChI is InChI=1S/C30H30BrN5O2/c31-23-6-8-26(9-7-23)38-19-35-17-24(16-32-35)33-29(37)27-18-36(25-4-2-1-3-5-25)34-28(27)30-13-20-10-21(14-30)12-22(11-20)15-30/h1-9,16-18,20-22H,10-15,19H2,(H,33,37). The van der Waals surface area contributed by atoms with E-state index in [9.17, 15) is 4.79 Å². The van der Waals surface area contributed by atoms with Crippen molar-refractivity contribution in [3.8, 4) is 11.4 Å². The zero-order chi connectivity index (χ0) is 25.7. The Bertz CT molecular complexity index is 1420. The van der Waals surface area contributed by atoms with Crippen LogP contribution in [0.15, 0.2) is 77.7 Å². The van der Waals surface area contributed by atoms with Crippen LogP contribution in [0.5, 0.6) is 5.75 Å². The molecule has 4 aliphatic rings. The molecular weight excluding hydrogens is 542 g/mol. The maximum Gasteiger partial charge on any atom is 0.259 e. The number of carbonyl (C=O) groups is 1. The van der Waals surface area contributed by atoms with Crippen LogP contribution in [-0.2, 0) is 12.1 Å². The van der Waals surface area contributed by atoms with Crippen LogP contribution < -0.4 is 10.1 Å². The second-order valence-corrected chi connectivity index (χ2v) is 12.2. The monoisotopic (exact) mass is 571 g/mol. The van der Waals surface area contributed by atoms with Crippen LogP contribution in [-0.4, -0.2) is 25.5 Å². The fourth-order valence-electron chi connectivity index (χ4n) is 7.41. The fraction of sp³-hybridized carbons (Fsp3) is 0.367. The molecule has 0 aliphatic heterocycles. The number of para-hydroxylation sites is 1. The van der Waals surface area contributed by atoms with E-state index in [1.807, 2.05) is 65.5 Å². The molecule has 0 spiro atoms. The zero-order valence-corrected chi connectivity index (χ0v) is 22.7. The summed E-state index contributed by atoms with van der Waals surface area (Å²) in [6.07, 6.45) is 12.9. The van der Waals surface area contributed by atoms with Gasteiger partial charge in [0.15, 0.2) is 6.73 Å². The Hall–Kier alpha value is -3.39. The lowest BCUT2D eigenvalue weighted by atomic mass is 9.48. The number of benzene rings is 2. The minimum Gasteiger partial charge on any atom is -0.471 e. The summed E-state index contributed by atoms with van der Waals surface area (Å²) in [6, 6.07) is 17.7. The van der Waals surface area contributed by atoms with Crippen LogP contribution in [0, 0.1) is 17.8 Å². The fourth-order valence-corrected chi connectivity index (χ4v) is 7.68. The van der Waals surface area contributed by atoms with Crippen LogP contribution in [0.4, 0.5) is 5.69 Å². The van der Waals surface area contributed by atoms with Gasteiger partial charge >= 0.3 is 0 Å². The number of nitrogens with one attached hydrogen (secondary N) is 1. The molecule has 2 aromatic carbocycles. The van der Waals surface area contributed by atoms with Crippen LogP contribution >= 0.6 is 15.9 Å². The summed E-state index contributed by atoms with van der Waals surface area (Å²) >= 11 is 3.43. The van der Waals surface area contributed by atoms with Gasteiger partial charge in [0, 0.05) is 16.1 Å². The third-order valence-electron chi connectivity index (χ3n) is 8.59. The van der Waals surface area contributed by atoms with Gasteiger partial charge in [0.25, 0.3) is 5.91 Å². The lowest BCUT2D eigenvalue weighted by Crippen LogP contribution is -2.49. The molecule has 4 bridgehead atoms. The molecule has 38 heavy (non-hydrogen) atoms. The Labute approximate surface area is 230 Å². The van der Waals surface area contributed by atoms with Gasteiger partial charge in [-0.2, -0.15) is 10.2 Å². The number of hydrogen-bond donors (Lipinski definition) is 1. The molecule has 194 valence electrons. The van der Waals surface area contributed by atoms with Crippen molar-refractivity contribution < 1.29 is 9.53 Å². The van der Waals surface area contributed by atoms with Gasteiger partial charge in [0.1, 0.15) is 5.75 Å².